The standard InChI is InChI=1S/C39H54ClN7O2/c1-8-12-29(9-2)20-41-19-27(4)43-23-35(45-25-48-6)34-16-11-15-33(38(34)40)31-13-10-14-32(28(31)5)36-24-44-37(39(47-36)49-7)22-42-21-30-18-17-26(3)46-30/h10-11,13-16,23-24,27,29-30,41-42,46H,3,8-9,12,17-22,25H2,1-2,4-7H3/b43-23-,45-35+/t27?,29-,30-/m0/s1. The highest BCUT2D eigenvalue weighted by atomic mass is 35.5. The van der Waals surface area contributed by atoms with Crippen molar-refractivity contribution in [1.29, 1.82) is 0 Å². The Balaban J connectivity index is 1.54. The van der Waals surface area contributed by atoms with E-state index in [1.165, 1.54) is 19.3 Å². The molecule has 4 rings (SSSR count). The van der Waals surface area contributed by atoms with Crippen molar-refractivity contribution in [3.8, 4) is 28.3 Å². The van der Waals surface area contributed by atoms with Gasteiger partial charge >= 0.3 is 0 Å². The normalized spacial score (nSPS) is 16.3. The fraction of sp³-hybridized carbons (Fsp3) is 0.487. The minimum Gasteiger partial charge on any atom is -0.480 e. The van der Waals surface area contributed by atoms with Gasteiger partial charge in [-0.3, -0.25) is 15.0 Å². The number of allylic oxidation sites excluding steroid dienone is 1. The molecule has 1 aromatic heterocycles. The summed E-state index contributed by atoms with van der Waals surface area (Å²) in [5.41, 5.74) is 7.98. The molecule has 2 aromatic carbocycles. The molecule has 0 spiro atoms. The van der Waals surface area contributed by atoms with E-state index in [2.05, 4.69) is 67.3 Å². The van der Waals surface area contributed by atoms with Gasteiger partial charge in [-0.05, 0) is 56.7 Å². The van der Waals surface area contributed by atoms with Crippen LogP contribution >= 0.6 is 11.6 Å². The molecule has 0 amide bonds. The molecule has 1 aliphatic rings. The predicted octanol–water partition coefficient (Wildman–Crippen LogP) is 7.40. The van der Waals surface area contributed by atoms with Gasteiger partial charge in [0.05, 0.1) is 35.8 Å². The maximum atomic E-state index is 7.18. The molecular formula is C39H54ClN7O2. The molecule has 10 heteroatoms. The largest absolute Gasteiger partial charge is 0.480 e. The number of methoxy groups -OCH3 is 2. The third-order valence-corrected chi connectivity index (χ3v) is 9.44. The minimum absolute atomic E-state index is 0.0813. The van der Waals surface area contributed by atoms with Crippen LogP contribution in [0.4, 0.5) is 0 Å². The van der Waals surface area contributed by atoms with Crippen LogP contribution in [0.1, 0.15) is 69.7 Å². The highest BCUT2D eigenvalue weighted by Gasteiger charge is 2.19. The van der Waals surface area contributed by atoms with Crippen molar-refractivity contribution in [1.82, 2.24) is 25.9 Å². The van der Waals surface area contributed by atoms with Crippen molar-refractivity contribution in [3.05, 3.63) is 76.7 Å². The van der Waals surface area contributed by atoms with Gasteiger partial charge in [-0.25, -0.2) is 4.98 Å². The Bertz CT molecular complexity index is 1590. The number of hydrogen-bond donors (Lipinski definition) is 3. The van der Waals surface area contributed by atoms with E-state index in [0.29, 0.717) is 35.1 Å². The highest BCUT2D eigenvalue weighted by Crippen LogP contribution is 2.37. The lowest BCUT2D eigenvalue weighted by atomic mass is 9.93. The summed E-state index contributed by atoms with van der Waals surface area (Å²) in [5, 5.41) is 11.1. The number of aromatic nitrogens is 2. The van der Waals surface area contributed by atoms with Crippen LogP contribution < -0.4 is 20.7 Å². The summed E-state index contributed by atoms with van der Waals surface area (Å²) >= 11 is 7.18. The minimum atomic E-state index is 0.0813. The third kappa shape index (κ3) is 10.7. The lowest BCUT2D eigenvalue weighted by Crippen LogP contribution is -2.33. The van der Waals surface area contributed by atoms with Crippen molar-refractivity contribution in [2.75, 3.05) is 40.6 Å². The molecule has 1 unspecified atom stereocenters. The van der Waals surface area contributed by atoms with Crippen LogP contribution in [0.2, 0.25) is 5.02 Å². The number of nitrogens with zero attached hydrogens (tertiary/aromatic N) is 4. The van der Waals surface area contributed by atoms with Gasteiger partial charge in [0.2, 0.25) is 5.88 Å². The third-order valence-electron chi connectivity index (χ3n) is 9.03. The number of rotatable bonds is 19. The second-order valence-electron chi connectivity index (χ2n) is 12.8. The summed E-state index contributed by atoms with van der Waals surface area (Å²) in [4.78, 5) is 19.1. The van der Waals surface area contributed by atoms with Crippen LogP contribution in [-0.4, -0.2) is 74.6 Å². The van der Waals surface area contributed by atoms with Crippen molar-refractivity contribution in [2.24, 2.45) is 15.9 Å². The fourth-order valence-electron chi connectivity index (χ4n) is 6.19. The Kier molecular flexibility index (Phi) is 15.2. The van der Waals surface area contributed by atoms with E-state index in [9.17, 15) is 0 Å². The van der Waals surface area contributed by atoms with E-state index >= 15 is 0 Å². The summed E-state index contributed by atoms with van der Waals surface area (Å²) in [5.74, 6) is 1.21. The molecule has 0 aliphatic carbocycles. The van der Waals surface area contributed by atoms with Gasteiger partial charge in [-0.1, -0.05) is 81.3 Å². The van der Waals surface area contributed by atoms with E-state index in [1.54, 1.807) is 14.2 Å². The SMILES string of the molecule is C=C1CC[C@@H](CNCc2ncc(-c3cccc(-c4cccc(C(/C=N\C(C)CNC[C@@H](CC)CCC)=N/COC)c4Cl)c3C)nc2OC)N1. The first-order valence-corrected chi connectivity index (χ1v) is 17.9. The van der Waals surface area contributed by atoms with Gasteiger partial charge in [0.1, 0.15) is 12.4 Å². The van der Waals surface area contributed by atoms with Gasteiger partial charge in [0.25, 0.3) is 0 Å². The summed E-state index contributed by atoms with van der Waals surface area (Å²) in [6, 6.07) is 12.6. The summed E-state index contributed by atoms with van der Waals surface area (Å²) < 4.78 is 11.0. The Morgan fingerprint density at radius 2 is 1.90 bits per heavy atom. The van der Waals surface area contributed by atoms with Crippen molar-refractivity contribution in [3.63, 3.8) is 0 Å². The molecule has 1 saturated heterocycles. The molecule has 0 bridgehead atoms. The molecule has 0 saturated carbocycles. The molecule has 1 aliphatic heterocycles. The molecule has 3 N–H and O–H groups in total. The zero-order chi connectivity index (χ0) is 35.2. The van der Waals surface area contributed by atoms with Crippen LogP contribution in [-0.2, 0) is 11.3 Å². The van der Waals surface area contributed by atoms with Gasteiger partial charge in [-0.15, -0.1) is 0 Å². The van der Waals surface area contributed by atoms with Crippen LogP contribution in [0, 0.1) is 12.8 Å². The quantitative estimate of drug-likeness (QED) is 0.113. The number of halogens is 1. The van der Waals surface area contributed by atoms with Gasteiger partial charge in [-0.2, -0.15) is 0 Å². The first kappa shape index (κ1) is 38.2. The Morgan fingerprint density at radius 3 is 2.61 bits per heavy atom. The predicted molar refractivity (Wildman–Crippen MR) is 204 cm³/mol. The molecule has 49 heavy (non-hydrogen) atoms. The van der Waals surface area contributed by atoms with Gasteiger partial charge < -0.3 is 25.4 Å². The lowest BCUT2D eigenvalue weighted by molar-refractivity contribution is 0.209. The molecular weight excluding hydrogens is 634 g/mol. The van der Waals surface area contributed by atoms with Gasteiger partial charge in [0.15, 0.2) is 0 Å². The van der Waals surface area contributed by atoms with Crippen LogP contribution in [0.15, 0.2) is 64.9 Å². The molecule has 264 valence electrons. The lowest BCUT2D eigenvalue weighted by Gasteiger charge is -2.17. The Labute approximate surface area is 298 Å². The monoisotopic (exact) mass is 687 g/mol. The fourth-order valence-corrected chi connectivity index (χ4v) is 6.51. The zero-order valence-electron chi connectivity index (χ0n) is 30.1. The summed E-state index contributed by atoms with van der Waals surface area (Å²) in [7, 11) is 3.26. The first-order chi connectivity index (χ1) is 23.8. The second kappa shape index (κ2) is 19.5. The number of aliphatic imine (C=N–C) groups is 2. The maximum absolute atomic E-state index is 7.18. The average Bonchev–Trinajstić information content (AvgIpc) is 3.53. The Morgan fingerprint density at radius 1 is 1.12 bits per heavy atom. The smallest absolute Gasteiger partial charge is 0.237 e. The zero-order valence-corrected chi connectivity index (χ0v) is 30.9. The van der Waals surface area contributed by atoms with Crippen molar-refractivity contribution >= 4 is 23.5 Å². The number of hydrogen-bond acceptors (Lipinski definition) is 9. The maximum Gasteiger partial charge on any atom is 0.237 e. The van der Waals surface area contributed by atoms with E-state index in [0.717, 1.165) is 77.4 Å². The topological polar surface area (TPSA) is 105 Å². The van der Waals surface area contributed by atoms with Gasteiger partial charge in [0, 0.05) is 61.4 Å². The second-order valence-corrected chi connectivity index (χ2v) is 13.2. The van der Waals surface area contributed by atoms with Crippen molar-refractivity contribution in [2.45, 2.75) is 78.4 Å². The van der Waals surface area contributed by atoms with E-state index in [1.807, 2.05) is 36.7 Å². The molecule has 9 nitrogen and oxygen atoms in total. The van der Waals surface area contributed by atoms with E-state index in [4.69, 9.17) is 36.0 Å². The summed E-state index contributed by atoms with van der Waals surface area (Å²) in [6.45, 7) is 16.1. The number of ether oxygens (including phenoxy) is 2. The molecule has 0 radical (unpaired) electrons. The number of nitrogens with one attached hydrogen (secondary N) is 3. The van der Waals surface area contributed by atoms with Crippen molar-refractivity contribution < 1.29 is 9.47 Å². The average molecular weight is 688 g/mol. The highest BCUT2D eigenvalue weighted by molar-refractivity contribution is 6.45. The van der Waals surface area contributed by atoms with Crippen LogP contribution in [0.5, 0.6) is 5.88 Å². The first-order valence-electron chi connectivity index (χ1n) is 17.5. The van der Waals surface area contributed by atoms with E-state index < -0.39 is 0 Å². The van der Waals surface area contributed by atoms with Crippen LogP contribution in [0.3, 0.4) is 0 Å². The molecule has 1 fully saturated rings. The summed E-state index contributed by atoms with van der Waals surface area (Å²) in [6.07, 6.45) is 9.38. The van der Waals surface area contributed by atoms with E-state index in [-0.39, 0.29) is 12.8 Å². The molecule has 3 atom stereocenters. The Hall–Kier alpha value is -3.63. The number of benzene rings is 2. The van der Waals surface area contributed by atoms with Crippen LogP contribution in [0.25, 0.3) is 22.4 Å². The molecule has 3 aromatic rings. The molecule has 2 heterocycles.